The summed E-state index contributed by atoms with van der Waals surface area (Å²) in [5.41, 5.74) is 2.16. The topological polar surface area (TPSA) is 81.7 Å². The fourth-order valence-corrected chi connectivity index (χ4v) is 2.89. The molecule has 1 N–H and O–H groups in total. The highest BCUT2D eigenvalue weighted by molar-refractivity contribution is 5.82. The first-order valence-corrected chi connectivity index (χ1v) is 9.39. The normalized spacial score (nSPS) is 10.3. The molecule has 30 heavy (non-hydrogen) atoms. The number of benzene rings is 3. The first-order valence-electron chi connectivity index (χ1n) is 9.39. The molecule has 1 amide bonds. The van der Waals surface area contributed by atoms with E-state index in [1.54, 1.807) is 24.3 Å². The molecule has 0 aromatic heterocycles. The highest BCUT2D eigenvalue weighted by atomic mass is 16.6. The van der Waals surface area contributed by atoms with Crippen LogP contribution in [0.3, 0.4) is 0 Å². The molecular formula is C24H21NO5. The Labute approximate surface area is 174 Å². The van der Waals surface area contributed by atoms with Crippen LogP contribution in [-0.2, 0) is 14.3 Å². The SMILES string of the molecule is O=Cc1ccccc1OCC(=O)OCC(=O)NC(c1ccccc1)c1ccccc1. The Kier molecular flexibility index (Phi) is 7.33. The van der Waals surface area contributed by atoms with Gasteiger partial charge < -0.3 is 14.8 Å². The van der Waals surface area contributed by atoms with Crippen LogP contribution < -0.4 is 10.1 Å². The third kappa shape index (κ3) is 5.78. The van der Waals surface area contributed by atoms with E-state index in [2.05, 4.69) is 5.32 Å². The molecule has 6 nitrogen and oxygen atoms in total. The van der Waals surface area contributed by atoms with Gasteiger partial charge in [0.05, 0.1) is 11.6 Å². The Balaban J connectivity index is 1.55. The molecule has 0 aliphatic carbocycles. The minimum atomic E-state index is -0.707. The van der Waals surface area contributed by atoms with Crippen molar-refractivity contribution in [2.75, 3.05) is 13.2 Å². The number of esters is 1. The third-order valence-corrected chi connectivity index (χ3v) is 4.33. The zero-order valence-corrected chi connectivity index (χ0v) is 16.2. The summed E-state index contributed by atoms with van der Waals surface area (Å²) in [5, 5.41) is 2.89. The lowest BCUT2D eigenvalue weighted by molar-refractivity contribution is -0.150. The quantitative estimate of drug-likeness (QED) is 0.438. The smallest absolute Gasteiger partial charge is 0.344 e. The zero-order valence-electron chi connectivity index (χ0n) is 16.2. The van der Waals surface area contributed by atoms with Gasteiger partial charge in [-0.25, -0.2) is 4.79 Å². The number of aldehydes is 1. The number of hydrogen-bond donors (Lipinski definition) is 1. The lowest BCUT2D eigenvalue weighted by Gasteiger charge is -2.20. The average molecular weight is 403 g/mol. The van der Waals surface area contributed by atoms with Crippen LogP contribution in [-0.4, -0.2) is 31.4 Å². The van der Waals surface area contributed by atoms with Gasteiger partial charge in [0.1, 0.15) is 5.75 Å². The van der Waals surface area contributed by atoms with Crippen molar-refractivity contribution in [1.82, 2.24) is 5.32 Å². The lowest BCUT2D eigenvalue weighted by Crippen LogP contribution is -2.33. The summed E-state index contributed by atoms with van der Waals surface area (Å²) in [6, 6.07) is 25.2. The standard InChI is InChI=1S/C24H21NO5/c26-15-20-13-7-8-14-21(20)29-17-23(28)30-16-22(27)25-24(18-9-3-1-4-10-18)19-11-5-2-6-12-19/h1-15,24H,16-17H2,(H,25,27). The molecule has 152 valence electrons. The van der Waals surface area contributed by atoms with Gasteiger partial charge in [-0.1, -0.05) is 72.8 Å². The molecule has 0 bridgehead atoms. The van der Waals surface area contributed by atoms with Crippen molar-refractivity contribution < 1.29 is 23.9 Å². The number of ether oxygens (including phenoxy) is 2. The van der Waals surface area contributed by atoms with Crippen molar-refractivity contribution >= 4 is 18.2 Å². The first kappa shape index (κ1) is 20.8. The molecule has 0 saturated carbocycles. The van der Waals surface area contributed by atoms with E-state index in [0.717, 1.165) is 11.1 Å². The van der Waals surface area contributed by atoms with Crippen LogP contribution in [0.25, 0.3) is 0 Å². The monoisotopic (exact) mass is 403 g/mol. The summed E-state index contributed by atoms with van der Waals surface area (Å²) in [7, 11) is 0. The van der Waals surface area contributed by atoms with E-state index in [0.29, 0.717) is 11.8 Å². The van der Waals surface area contributed by atoms with Crippen molar-refractivity contribution in [3.05, 3.63) is 102 Å². The van der Waals surface area contributed by atoms with E-state index in [1.807, 2.05) is 60.7 Å². The lowest BCUT2D eigenvalue weighted by atomic mass is 9.99. The molecular weight excluding hydrogens is 382 g/mol. The van der Waals surface area contributed by atoms with Crippen molar-refractivity contribution in [1.29, 1.82) is 0 Å². The predicted molar refractivity (Wildman–Crippen MR) is 111 cm³/mol. The Morgan fingerprint density at radius 1 is 0.800 bits per heavy atom. The van der Waals surface area contributed by atoms with Gasteiger partial charge in [-0.3, -0.25) is 9.59 Å². The van der Waals surface area contributed by atoms with Gasteiger partial charge in [-0.15, -0.1) is 0 Å². The van der Waals surface area contributed by atoms with Crippen LogP contribution in [0.2, 0.25) is 0 Å². The van der Waals surface area contributed by atoms with Gasteiger partial charge in [-0.05, 0) is 23.3 Å². The number of carbonyl (C=O) groups is 3. The van der Waals surface area contributed by atoms with E-state index < -0.39 is 25.1 Å². The van der Waals surface area contributed by atoms with Crippen LogP contribution in [0.5, 0.6) is 5.75 Å². The van der Waals surface area contributed by atoms with E-state index in [4.69, 9.17) is 9.47 Å². The molecule has 3 rings (SSSR count). The molecule has 0 atom stereocenters. The van der Waals surface area contributed by atoms with Crippen LogP contribution in [0, 0.1) is 0 Å². The van der Waals surface area contributed by atoms with E-state index in [-0.39, 0.29) is 11.8 Å². The second-order valence-electron chi connectivity index (χ2n) is 6.43. The van der Waals surface area contributed by atoms with E-state index in [9.17, 15) is 14.4 Å². The molecule has 0 saturated heterocycles. The van der Waals surface area contributed by atoms with Gasteiger partial charge in [0.2, 0.25) is 0 Å². The Hall–Kier alpha value is -3.93. The van der Waals surface area contributed by atoms with Gasteiger partial charge >= 0.3 is 5.97 Å². The molecule has 0 aliphatic heterocycles. The maximum absolute atomic E-state index is 12.4. The molecule has 0 heterocycles. The maximum Gasteiger partial charge on any atom is 0.344 e. The molecule has 0 fully saturated rings. The molecule has 3 aromatic carbocycles. The van der Waals surface area contributed by atoms with Crippen molar-refractivity contribution in [3.8, 4) is 5.75 Å². The second-order valence-corrected chi connectivity index (χ2v) is 6.43. The van der Waals surface area contributed by atoms with Gasteiger partial charge in [0, 0.05) is 0 Å². The molecule has 3 aromatic rings. The summed E-state index contributed by atoms with van der Waals surface area (Å²) < 4.78 is 10.3. The number of para-hydroxylation sites is 1. The second kappa shape index (κ2) is 10.6. The Bertz CT molecular complexity index is 949. The van der Waals surface area contributed by atoms with Gasteiger partial charge in [0.25, 0.3) is 5.91 Å². The molecule has 6 heteroatoms. The highest BCUT2D eigenvalue weighted by Crippen LogP contribution is 2.21. The van der Waals surface area contributed by atoms with Crippen LogP contribution >= 0.6 is 0 Å². The number of hydrogen-bond acceptors (Lipinski definition) is 5. The Morgan fingerprint density at radius 3 is 1.97 bits per heavy atom. The van der Waals surface area contributed by atoms with E-state index >= 15 is 0 Å². The zero-order chi connectivity index (χ0) is 21.2. The number of rotatable bonds is 9. The average Bonchev–Trinajstić information content (AvgIpc) is 2.81. The van der Waals surface area contributed by atoms with Crippen molar-refractivity contribution in [2.24, 2.45) is 0 Å². The largest absolute Gasteiger partial charge is 0.481 e. The summed E-state index contributed by atoms with van der Waals surface area (Å²) in [5.74, 6) is -0.863. The van der Waals surface area contributed by atoms with Crippen LogP contribution in [0.4, 0.5) is 0 Å². The number of carbonyl (C=O) groups excluding carboxylic acids is 3. The fourth-order valence-electron chi connectivity index (χ4n) is 2.89. The molecule has 0 unspecified atom stereocenters. The van der Waals surface area contributed by atoms with Crippen LogP contribution in [0.1, 0.15) is 27.5 Å². The predicted octanol–water partition coefficient (Wildman–Crippen LogP) is 3.33. The molecule has 0 aliphatic rings. The molecule has 0 radical (unpaired) electrons. The van der Waals surface area contributed by atoms with Crippen molar-refractivity contribution in [2.45, 2.75) is 6.04 Å². The summed E-state index contributed by atoms with van der Waals surface area (Å²) in [6.07, 6.45) is 0.640. The maximum atomic E-state index is 12.4. The molecule has 0 spiro atoms. The van der Waals surface area contributed by atoms with Gasteiger partial charge in [-0.2, -0.15) is 0 Å². The summed E-state index contributed by atoms with van der Waals surface area (Å²) in [4.78, 5) is 35.3. The number of amides is 1. The van der Waals surface area contributed by atoms with E-state index in [1.165, 1.54) is 0 Å². The summed E-state index contributed by atoms with van der Waals surface area (Å²) >= 11 is 0. The third-order valence-electron chi connectivity index (χ3n) is 4.33. The number of nitrogens with one attached hydrogen (secondary N) is 1. The van der Waals surface area contributed by atoms with Crippen LogP contribution in [0.15, 0.2) is 84.9 Å². The summed E-state index contributed by atoms with van der Waals surface area (Å²) in [6.45, 7) is -0.841. The fraction of sp³-hybridized carbons (Fsp3) is 0.125. The van der Waals surface area contributed by atoms with Gasteiger partial charge in [0.15, 0.2) is 19.5 Å². The minimum Gasteiger partial charge on any atom is -0.481 e. The van der Waals surface area contributed by atoms with Crippen molar-refractivity contribution in [3.63, 3.8) is 0 Å². The minimum absolute atomic E-state index is 0.280. The highest BCUT2D eigenvalue weighted by Gasteiger charge is 2.18. The first-order chi connectivity index (χ1) is 14.7. The Morgan fingerprint density at radius 2 is 1.37 bits per heavy atom.